The minimum atomic E-state index is -0.260. The molecule has 0 saturated carbocycles. The molecule has 7 nitrogen and oxygen atoms in total. The minimum absolute atomic E-state index is 0.260. The van der Waals surface area contributed by atoms with Crippen molar-refractivity contribution in [3.05, 3.63) is 90.8 Å². The Labute approximate surface area is 200 Å². The Morgan fingerprint density at radius 3 is 2.18 bits per heavy atom. The van der Waals surface area contributed by atoms with Gasteiger partial charge in [-0.05, 0) is 62.5 Å². The van der Waals surface area contributed by atoms with E-state index in [0.717, 1.165) is 54.2 Å². The summed E-state index contributed by atoms with van der Waals surface area (Å²) in [7, 11) is 4.16. The second kappa shape index (κ2) is 11.2. The van der Waals surface area contributed by atoms with Crippen molar-refractivity contribution in [2.45, 2.75) is 6.42 Å². The van der Waals surface area contributed by atoms with Crippen molar-refractivity contribution in [3.63, 3.8) is 0 Å². The Hall–Kier alpha value is -3.97. The van der Waals surface area contributed by atoms with Crippen LogP contribution in [0.5, 0.6) is 0 Å². The summed E-state index contributed by atoms with van der Waals surface area (Å²) in [4.78, 5) is 25.8. The summed E-state index contributed by atoms with van der Waals surface area (Å²) in [6.07, 6.45) is 2.50. The van der Waals surface area contributed by atoms with E-state index >= 15 is 0 Å². The molecular weight excluding hydrogens is 424 g/mol. The van der Waals surface area contributed by atoms with Crippen LogP contribution in [0.4, 0.5) is 22.0 Å². The van der Waals surface area contributed by atoms with Crippen LogP contribution in [0.25, 0.3) is 10.9 Å². The van der Waals surface area contributed by atoms with Gasteiger partial charge in [-0.15, -0.1) is 0 Å². The van der Waals surface area contributed by atoms with Crippen molar-refractivity contribution in [2.75, 3.05) is 49.3 Å². The molecular formula is C27H30N6O. The summed E-state index contributed by atoms with van der Waals surface area (Å²) >= 11 is 0. The molecule has 0 saturated heterocycles. The van der Waals surface area contributed by atoms with E-state index in [1.807, 2.05) is 60.7 Å². The zero-order valence-corrected chi connectivity index (χ0v) is 19.6. The molecule has 0 fully saturated rings. The first-order valence-corrected chi connectivity index (χ1v) is 11.4. The monoisotopic (exact) mass is 454 g/mol. The molecule has 1 aromatic heterocycles. The zero-order chi connectivity index (χ0) is 23.8. The lowest BCUT2D eigenvalue weighted by molar-refractivity contribution is 0.262. The lowest BCUT2D eigenvalue weighted by Gasteiger charge is -2.26. The smallest absolute Gasteiger partial charge is 0.323 e. The Balaban J connectivity index is 1.40. The third-order valence-electron chi connectivity index (χ3n) is 5.55. The van der Waals surface area contributed by atoms with Crippen LogP contribution in [0.2, 0.25) is 0 Å². The van der Waals surface area contributed by atoms with Crippen molar-refractivity contribution in [1.29, 1.82) is 0 Å². The van der Waals surface area contributed by atoms with Gasteiger partial charge in [-0.3, -0.25) is 0 Å². The fraction of sp³-hybridized carbons (Fsp3) is 0.222. The standard InChI is InChI=1S/C27H30N6O/c1-32(2)18-19-33(26-24-10-6-7-11-25(24)28-20-29-26)17-16-21-12-14-23(15-13-21)31-27(34)30-22-8-4-3-5-9-22/h3-15,20H,16-19H2,1-2H3,(H2,30,31,34). The molecule has 0 bridgehead atoms. The molecule has 4 rings (SSSR count). The number of nitrogens with zero attached hydrogens (tertiary/aromatic N) is 4. The van der Waals surface area contributed by atoms with E-state index in [9.17, 15) is 4.79 Å². The third-order valence-corrected chi connectivity index (χ3v) is 5.55. The van der Waals surface area contributed by atoms with Crippen LogP contribution < -0.4 is 15.5 Å². The summed E-state index contributed by atoms with van der Waals surface area (Å²) in [6.45, 7) is 2.63. The van der Waals surface area contributed by atoms with Crippen molar-refractivity contribution in [1.82, 2.24) is 14.9 Å². The Bertz CT molecular complexity index is 1210. The number of carbonyl (C=O) groups excluding carboxylic acids is 1. The third kappa shape index (κ3) is 6.30. The number of hydrogen-bond acceptors (Lipinski definition) is 5. The lowest BCUT2D eigenvalue weighted by Crippen LogP contribution is -2.34. The van der Waals surface area contributed by atoms with Crippen molar-refractivity contribution >= 4 is 34.1 Å². The predicted molar refractivity (Wildman–Crippen MR) is 140 cm³/mol. The molecule has 0 aliphatic heterocycles. The average Bonchev–Trinajstić information content (AvgIpc) is 2.85. The van der Waals surface area contributed by atoms with Crippen LogP contribution in [-0.4, -0.2) is 54.6 Å². The normalized spacial score (nSPS) is 10.9. The van der Waals surface area contributed by atoms with Crippen LogP contribution >= 0.6 is 0 Å². The van der Waals surface area contributed by atoms with Crippen LogP contribution in [0.3, 0.4) is 0 Å². The average molecular weight is 455 g/mol. The fourth-order valence-electron chi connectivity index (χ4n) is 3.72. The zero-order valence-electron chi connectivity index (χ0n) is 19.6. The highest BCUT2D eigenvalue weighted by Gasteiger charge is 2.13. The van der Waals surface area contributed by atoms with Crippen molar-refractivity contribution < 1.29 is 4.79 Å². The topological polar surface area (TPSA) is 73.4 Å². The molecule has 4 aromatic rings. The van der Waals surface area contributed by atoms with E-state index in [1.165, 1.54) is 5.56 Å². The summed E-state index contributed by atoms with van der Waals surface area (Å²) in [5.41, 5.74) is 3.66. The van der Waals surface area contributed by atoms with E-state index < -0.39 is 0 Å². The van der Waals surface area contributed by atoms with Crippen LogP contribution in [0, 0.1) is 0 Å². The molecule has 1 heterocycles. The van der Waals surface area contributed by atoms with Gasteiger partial charge in [-0.1, -0.05) is 42.5 Å². The second-order valence-electron chi connectivity index (χ2n) is 8.40. The molecule has 2 N–H and O–H groups in total. The van der Waals surface area contributed by atoms with E-state index in [2.05, 4.69) is 62.7 Å². The highest BCUT2D eigenvalue weighted by Crippen LogP contribution is 2.23. The van der Waals surface area contributed by atoms with Gasteiger partial charge in [0.15, 0.2) is 0 Å². The van der Waals surface area contributed by atoms with Gasteiger partial charge in [0.05, 0.1) is 5.52 Å². The maximum absolute atomic E-state index is 12.2. The number of nitrogens with one attached hydrogen (secondary N) is 2. The number of benzene rings is 3. The van der Waals surface area contributed by atoms with Crippen LogP contribution in [0.1, 0.15) is 5.56 Å². The van der Waals surface area contributed by atoms with E-state index in [0.29, 0.717) is 0 Å². The second-order valence-corrected chi connectivity index (χ2v) is 8.40. The number of rotatable bonds is 9. The summed E-state index contributed by atoms with van der Waals surface area (Å²) in [5.74, 6) is 0.961. The van der Waals surface area contributed by atoms with Gasteiger partial charge in [0.25, 0.3) is 0 Å². The molecule has 174 valence electrons. The number of likely N-dealkylation sites (N-methyl/N-ethyl adjacent to an activating group) is 1. The fourth-order valence-corrected chi connectivity index (χ4v) is 3.72. The molecule has 2 amide bonds. The van der Waals surface area contributed by atoms with Gasteiger partial charge in [0, 0.05) is 36.4 Å². The molecule has 0 aliphatic rings. The maximum atomic E-state index is 12.2. The molecule has 0 aliphatic carbocycles. The lowest BCUT2D eigenvalue weighted by atomic mass is 10.1. The molecule has 0 atom stereocenters. The summed E-state index contributed by atoms with van der Waals surface area (Å²) in [6, 6.07) is 25.2. The first-order chi connectivity index (χ1) is 16.6. The summed E-state index contributed by atoms with van der Waals surface area (Å²) < 4.78 is 0. The number of amides is 2. The molecule has 34 heavy (non-hydrogen) atoms. The Morgan fingerprint density at radius 2 is 1.44 bits per heavy atom. The van der Waals surface area contributed by atoms with Crippen molar-refractivity contribution in [3.8, 4) is 0 Å². The predicted octanol–water partition coefficient (Wildman–Crippen LogP) is 4.88. The maximum Gasteiger partial charge on any atom is 0.323 e. The van der Waals surface area contributed by atoms with Crippen LogP contribution in [0.15, 0.2) is 85.2 Å². The van der Waals surface area contributed by atoms with Gasteiger partial charge >= 0.3 is 6.03 Å². The quantitative estimate of drug-likeness (QED) is 0.377. The number of hydrogen-bond donors (Lipinski definition) is 2. The Kier molecular flexibility index (Phi) is 7.67. The number of para-hydroxylation sites is 2. The minimum Gasteiger partial charge on any atom is -0.354 e. The van der Waals surface area contributed by atoms with Crippen molar-refractivity contribution in [2.24, 2.45) is 0 Å². The number of urea groups is 1. The number of anilines is 3. The van der Waals surface area contributed by atoms with Gasteiger partial charge in [-0.25, -0.2) is 14.8 Å². The van der Waals surface area contributed by atoms with Crippen LogP contribution in [-0.2, 0) is 6.42 Å². The van der Waals surface area contributed by atoms with E-state index in [1.54, 1.807) is 6.33 Å². The summed E-state index contributed by atoms with van der Waals surface area (Å²) in [5, 5.41) is 6.77. The number of aromatic nitrogens is 2. The first-order valence-electron chi connectivity index (χ1n) is 11.4. The highest BCUT2D eigenvalue weighted by atomic mass is 16.2. The first kappa shape index (κ1) is 23.2. The van der Waals surface area contributed by atoms with Gasteiger partial charge in [0.1, 0.15) is 12.1 Å². The van der Waals surface area contributed by atoms with Gasteiger partial charge in [0.2, 0.25) is 0 Å². The SMILES string of the molecule is CN(C)CCN(CCc1ccc(NC(=O)Nc2ccccc2)cc1)c1ncnc2ccccc12. The largest absolute Gasteiger partial charge is 0.354 e. The van der Waals surface area contributed by atoms with Gasteiger partial charge < -0.3 is 20.4 Å². The number of fused-ring (bicyclic) bond motifs is 1. The van der Waals surface area contributed by atoms with E-state index in [4.69, 9.17) is 0 Å². The highest BCUT2D eigenvalue weighted by molar-refractivity contribution is 5.99. The molecule has 7 heteroatoms. The molecule has 0 spiro atoms. The molecule has 0 radical (unpaired) electrons. The van der Waals surface area contributed by atoms with Gasteiger partial charge in [-0.2, -0.15) is 0 Å². The molecule has 0 unspecified atom stereocenters. The van der Waals surface area contributed by atoms with E-state index in [-0.39, 0.29) is 6.03 Å². The number of carbonyl (C=O) groups is 1. The molecule has 3 aromatic carbocycles. The Morgan fingerprint density at radius 1 is 0.765 bits per heavy atom.